The van der Waals surface area contributed by atoms with E-state index in [1.807, 2.05) is 0 Å². The van der Waals surface area contributed by atoms with Crippen LogP contribution in [0.1, 0.15) is 26.7 Å². The lowest BCUT2D eigenvalue weighted by Gasteiger charge is -2.36. The molecule has 2 fully saturated rings. The lowest BCUT2D eigenvalue weighted by atomic mass is 9.93. The predicted molar refractivity (Wildman–Crippen MR) is 45.8 cm³/mol. The summed E-state index contributed by atoms with van der Waals surface area (Å²) in [5.41, 5.74) is -0.00204. The second-order valence-corrected chi connectivity index (χ2v) is 5.80. The largest absolute Gasteiger partial charge is 0.348 e. The maximum Gasteiger partial charge on any atom is 0.173 e. The van der Waals surface area contributed by atoms with Gasteiger partial charge >= 0.3 is 0 Å². The van der Waals surface area contributed by atoms with E-state index in [0.29, 0.717) is 0 Å². The van der Waals surface area contributed by atoms with E-state index >= 15 is 0 Å². The molecule has 2 heterocycles. The van der Waals surface area contributed by atoms with Crippen LogP contribution >= 0.6 is 15.9 Å². The van der Waals surface area contributed by atoms with Crippen molar-refractivity contribution in [3.63, 3.8) is 0 Å². The summed E-state index contributed by atoms with van der Waals surface area (Å²) in [4.78, 5) is 0. The fourth-order valence-corrected chi connectivity index (χ4v) is 2.06. The van der Waals surface area contributed by atoms with Crippen molar-refractivity contribution in [1.29, 1.82) is 0 Å². The molecule has 2 aliphatic heterocycles. The summed E-state index contributed by atoms with van der Waals surface area (Å²) in [6.45, 7) is 5.00. The molecule has 11 heavy (non-hydrogen) atoms. The lowest BCUT2D eigenvalue weighted by Crippen LogP contribution is -2.43. The Bertz CT molecular complexity index is 181. The van der Waals surface area contributed by atoms with Gasteiger partial charge in [0.25, 0.3) is 0 Å². The zero-order chi connectivity index (χ0) is 8.11. The van der Waals surface area contributed by atoms with Crippen molar-refractivity contribution in [2.45, 2.75) is 42.9 Å². The van der Waals surface area contributed by atoms with Crippen LogP contribution in [0.15, 0.2) is 0 Å². The maximum atomic E-state index is 5.73. The number of fused-ring (bicyclic) bond motifs is 2. The number of rotatable bonds is 0. The van der Waals surface area contributed by atoms with Gasteiger partial charge in [-0.3, -0.25) is 0 Å². The molecular weight excluding hydrogens is 208 g/mol. The van der Waals surface area contributed by atoms with E-state index in [9.17, 15) is 0 Å². The third-order valence-corrected chi connectivity index (χ3v) is 3.34. The van der Waals surface area contributed by atoms with Gasteiger partial charge in [0.2, 0.25) is 0 Å². The predicted octanol–water partition coefficient (Wildman–Crippen LogP) is 2.07. The molecule has 0 spiro atoms. The van der Waals surface area contributed by atoms with Crippen LogP contribution in [0.2, 0.25) is 0 Å². The summed E-state index contributed by atoms with van der Waals surface area (Å²) in [6, 6.07) is 0. The third kappa shape index (κ3) is 1.23. The first-order valence-electron chi connectivity index (χ1n) is 4.00. The Morgan fingerprint density at radius 2 is 2.09 bits per heavy atom. The first-order chi connectivity index (χ1) is 5.02. The van der Waals surface area contributed by atoms with Crippen LogP contribution in [-0.4, -0.2) is 22.8 Å². The summed E-state index contributed by atoms with van der Waals surface area (Å²) < 4.78 is 11.3. The molecule has 2 saturated heterocycles. The van der Waals surface area contributed by atoms with E-state index in [-0.39, 0.29) is 16.2 Å². The average Bonchev–Trinajstić information content (AvgIpc) is 2.25. The van der Waals surface area contributed by atoms with E-state index in [1.165, 1.54) is 0 Å². The van der Waals surface area contributed by atoms with Crippen molar-refractivity contribution >= 4 is 15.9 Å². The monoisotopic (exact) mass is 220 g/mol. The highest BCUT2D eigenvalue weighted by molar-refractivity contribution is 9.10. The van der Waals surface area contributed by atoms with E-state index in [2.05, 4.69) is 29.8 Å². The Labute approximate surface area is 75.4 Å². The molecule has 3 heteroatoms. The van der Waals surface area contributed by atoms with Gasteiger partial charge in [-0.1, -0.05) is 15.9 Å². The number of halogens is 1. The molecule has 0 radical (unpaired) electrons. The second-order valence-electron chi connectivity index (χ2n) is 3.99. The minimum absolute atomic E-state index is 0.00204. The van der Waals surface area contributed by atoms with Crippen molar-refractivity contribution in [1.82, 2.24) is 0 Å². The highest BCUT2D eigenvalue weighted by atomic mass is 79.9. The minimum atomic E-state index is -0.0405. The van der Waals surface area contributed by atoms with Gasteiger partial charge in [0, 0.05) is 0 Å². The molecule has 2 aliphatic rings. The number of hydrogen-bond acceptors (Lipinski definition) is 2. The topological polar surface area (TPSA) is 18.5 Å². The zero-order valence-corrected chi connectivity index (χ0v) is 8.48. The fourth-order valence-electron chi connectivity index (χ4n) is 1.63. The molecule has 2 rings (SSSR count). The van der Waals surface area contributed by atoms with Gasteiger partial charge in [0.1, 0.15) is 0 Å². The Morgan fingerprint density at radius 1 is 1.36 bits per heavy atom. The lowest BCUT2D eigenvalue weighted by molar-refractivity contribution is -0.129. The third-order valence-electron chi connectivity index (χ3n) is 2.57. The Kier molecular flexibility index (Phi) is 1.61. The highest BCUT2D eigenvalue weighted by Gasteiger charge is 2.50. The Hall–Kier alpha value is 0.400. The number of ether oxygens (including phenoxy) is 2. The van der Waals surface area contributed by atoms with Gasteiger partial charge in [0.15, 0.2) is 6.29 Å². The van der Waals surface area contributed by atoms with E-state index in [1.54, 1.807) is 0 Å². The Balaban J connectivity index is 2.19. The smallest absolute Gasteiger partial charge is 0.173 e. The first kappa shape index (κ1) is 8.02. The SMILES string of the molecule is C[C@@]12CC[C@@](C)(Br)[C@@H](OC1)O2. The molecule has 64 valence electrons. The summed E-state index contributed by atoms with van der Waals surface area (Å²) in [5.74, 6) is 0. The first-order valence-corrected chi connectivity index (χ1v) is 4.80. The van der Waals surface area contributed by atoms with Crippen molar-refractivity contribution in [3.8, 4) is 0 Å². The molecule has 0 aromatic carbocycles. The average molecular weight is 221 g/mol. The van der Waals surface area contributed by atoms with Crippen molar-refractivity contribution in [3.05, 3.63) is 0 Å². The van der Waals surface area contributed by atoms with Crippen LogP contribution in [0.4, 0.5) is 0 Å². The van der Waals surface area contributed by atoms with Crippen molar-refractivity contribution in [2.75, 3.05) is 6.61 Å². The maximum absolute atomic E-state index is 5.73. The second kappa shape index (κ2) is 2.21. The molecule has 0 saturated carbocycles. The van der Waals surface area contributed by atoms with E-state index in [0.717, 1.165) is 19.4 Å². The number of alkyl halides is 1. The molecule has 0 unspecified atom stereocenters. The summed E-state index contributed by atoms with van der Waals surface area (Å²) in [5, 5.41) is 0. The number of hydrogen-bond donors (Lipinski definition) is 0. The molecule has 0 amide bonds. The van der Waals surface area contributed by atoms with Gasteiger partial charge in [-0.2, -0.15) is 0 Å². The summed E-state index contributed by atoms with van der Waals surface area (Å²) in [7, 11) is 0. The standard InChI is InChI=1S/C8H13BrO2/c1-7-3-4-8(2,9)6(11-7)10-5-7/h6H,3-5H2,1-2H3/t6-,7+,8+/m0/s1. The van der Waals surface area contributed by atoms with E-state index in [4.69, 9.17) is 9.47 Å². The van der Waals surface area contributed by atoms with Gasteiger partial charge in [-0.05, 0) is 26.7 Å². The van der Waals surface area contributed by atoms with Gasteiger partial charge in [0.05, 0.1) is 16.5 Å². The van der Waals surface area contributed by atoms with Crippen LogP contribution in [0.5, 0.6) is 0 Å². The molecular formula is C8H13BrO2. The molecule has 0 N–H and O–H groups in total. The quantitative estimate of drug-likeness (QED) is 0.583. The Morgan fingerprint density at radius 3 is 2.73 bits per heavy atom. The molecule has 2 nitrogen and oxygen atoms in total. The molecule has 0 aromatic rings. The molecule has 0 aliphatic carbocycles. The zero-order valence-electron chi connectivity index (χ0n) is 6.89. The van der Waals surface area contributed by atoms with Crippen molar-refractivity contribution < 1.29 is 9.47 Å². The summed E-state index contributed by atoms with van der Waals surface area (Å²) >= 11 is 3.62. The van der Waals surface area contributed by atoms with Gasteiger partial charge < -0.3 is 9.47 Å². The van der Waals surface area contributed by atoms with Crippen LogP contribution in [0.25, 0.3) is 0 Å². The minimum Gasteiger partial charge on any atom is -0.348 e. The van der Waals surface area contributed by atoms with Crippen molar-refractivity contribution in [2.24, 2.45) is 0 Å². The summed E-state index contributed by atoms with van der Waals surface area (Å²) in [6.07, 6.45) is 2.18. The molecule has 3 atom stereocenters. The van der Waals surface area contributed by atoms with Crippen LogP contribution in [0, 0.1) is 0 Å². The molecule has 0 aromatic heterocycles. The fraction of sp³-hybridized carbons (Fsp3) is 1.00. The van der Waals surface area contributed by atoms with Gasteiger partial charge in [-0.15, -0.1) is 0 Å². The van der Waals surface area contributed by atoms with Gasteiger partial charge in [-0.25, -0.2) is 0 Å². The highest BCUT2D eigenvalue weighted by Crippen LogP contribution is 2.45. The van der Waals surface area contributed by atoms with Crippen LogP contribution < -0.4 is 0 Å². The normalized spacial score (nSPS) is 56.5. The molecule has 2 bridgehead atoms. The van der Waals surface area contributed by atoms with Crippen LogP contribution in [-0.2, 0) is 9.47 Å². The van der Waals surface area contributed by atoms with E-state index < -0.39 is 0 Å². The van der Waals surface area contributed by atoms with Crippen LogP contribution in [0.3, 0.4) is 0 Å².